The monoisotopic (exact) mass is 394 g/mol. The molecular weight excluding hydrogens is 376 g/mol. The van der Waals surface area contributed by atoms with Crippen molar-refractivity contribution in [2.45, 2.75) is 18.0 Å². The van der Waals surface area contributed by atoms with Crippen LogP contribution in [0.2, 0.25) is 0 Å². The van der Waals surface area contributed by atoms with Gasteiger partial charge in [-0.15, -0.1) is 23.4 Å². The lowest BCUT2D eigenvalue weighted by atomic mass is 10.0. The van der Waals surface area contributed by atoms with E-state index in [-0.39, 0.29) is 23.6 Å². The fraction of sp³-hybridized carbons (Fsp3) is 0.333. The van der Waals surface area contributed by atoms with Crippen molar-refractivity contribution in [2.24, 2.45) is 5.73 Å². The summed E-state index contributed by atoms with van der Waals surface area (Å²) in [7, 11) is 1.59. The number of fused-ring (bicyclic) bond motifs is 1. The molecule has 0 spiro atoms. The highest BCUT2D eigenvalue weighted by molar-refractivity contribution is 8.00. The van der Waals surface area contributed by atoms with Crippen molar-refractivity contribution in [3.05, 3.63) is 53.3 Å². The number of hydrogen-bond acceptors (Lipinski definition) is 6. The molecule has 6 nitrogen and oxygen atoms in total. The van der Waals surface area contributed by atoms with Crippen LogP contribution in [-0.4, -0.2) is 46.9 Å². The third-order valence-corrected chi connectivity index (χ3v) is 5.67. The van der Waals surface area contributed by atoms with Gasteiger partial charge in [-0.05, 0) is 23.3 Å². The average molecular weight is 395 g/mol. The first-order valence-corrected chi connectivity index (χ1v) is 9.61. The molecule has 1 fully saturated rings. The van der Waals surface area contributed by atoms with E-state index in [1.807, 2.05) is 12.1 Å². The lowest BCUT2D eigenvalue weighted by Crippen LogP contribution is -2.68. The van der Waals surface area contributed by atoms with Crippen LogP contribution < -0.4 is 10.5 Å². The number of carbonyl (C=O) groups excluding carboxylic acids is 2. The molecule has 8 heteroatoms. The fourth-order valence-corrected chi connectivity index (χ4v) is 4.14. The molecule has 2 heterocycles. The molecule has 0 aliphatic carbocycles. The number of nitrogens with two attached hydrogens (primary N) is 1. The number of carbonyl (C=O) groups is 2. The molecule has 0 aromatic heterocycles. The van der Waals surface area contributed by atoms with E-state index < -0.39 is 12.0 Å². The summed E-state index contributed by atoms with van der Waals surface area (Å²) in [6.45, 7) is 0.102. The summed E-state index contributed by atoms with van der Waals surface area (Å²) < 4.78 is 10.5. The predicted molar refractivity (Wildman–Crippen MR) is 101 cm³/mol. The van der Waals surface area contributed by atoms with Crippen molar-refractivity contribution in [2.75, 3.05) is 18.7 Å². The number of thioether (sulfide) groups is 1. The molecule has 2 aliphatic heterocycles. The van der Waals surface area contributed by atoms with E-state index in [0.717, 1.165) is 11.3 Å². The van der Waals surface area contributed by atoms with Gasteiger partial charge in [0.25, 0.3) is 0 Å². The molecule has 0 unspecified atom stereocenters. The van der Waals surface area contributed by atoms with Crippen molar-refractivity contribution in [1.82, 2.24) is 4.90 Å². The zero-order valence-electron chi connectivity index (χ0n) is 14.2. The van der Waals surface area contributed by atoms with Gasteiger partial charge in [-0.1, -0.05) is 24.3 Å². The van der Waals surface area contributed by atoms with E-state index in [4.69, 9.17) is 26.8 Å². The molecule has 2 N–H and O–H groups in total. The minimum absolute atomic E-state index is 0.102. The van der Waals surface area contributed by atoms with Gasteiger partial charge in [0.1, 0.15) is 29.5 Å². The van der Waals surface area contributed by atoms with Crippen LogP contribution in [0.15, 0.2) is 47.7 Å². The Balaban J connectivity index is 1.77. The van der Waals surface area contributed by atoms with Gasteiger partial charge in [0.15, 0.2) is 0 Å². The minimum Gasteiger partial charge on any atom is -0.497 e. The highest BCUT2D eigenvalue weighted by Crippen LogP contribution is 2.40. The summed E-state index contributed by atoms with van der Waals surface area (Å²) in [6.07, 6.45) is 3.50. The number of β-lactam (4-membered cyclic amide) rings is 1. The number of allylic oxidation sites excluding steroid dienone is 2. The van der Waals surface area contributed by atoms with Crippen LogP contribution in [-0.2, 0) is 20.9 Å². The molecule has 2 aliphatic rings. The number of nitrogens with zero attached hydrogens (tertiary/aromatic N) is 1. The zero-order valence-corrected chi connectivity index (χ0v) is 15.8. The van der Waals surface area contributed by atoms with E-state index in [9.17, 15) is 9.59 Å². The highest BCUT2D eigenvalue weighted by Gasteiger charge is 2.51. The van der Waals surface area contributed by atoms with Crippen LogP contribution in [0.4, 0.5) is 0 Å². The van der Waals surface area contributed by atoms with Gasteiger partial charge in [-0.3, -0.25) is 9.69 Å². The Morgan fingerprint density at radius 3 is 2.81 bits per heavy atom. The topological polar surface area (TPSA) is 81.9 Å². The van der Waals surface area contributed by atoms with E-state index in [1.54, 1.807) is 31.4 Å². The average Bonchev–Trinajstić information content (AvgIpc) is 2.69. The Morgan fingerprint density at radius 1 is 1.42 bits per heavy atom. The van der Waals surface area contributed by atoms with Crippen LogP contribution in [0.5, 0.6) is 5.75 Å². The molecule has 2 atom stereocenters. The summed E-state index contributed by atoms with van der Waals surface area (Å²) in [5.41, 5.74) is 7.64. The van der Waals surface area contributed by atoms with Gasteiger partial charge in [0, 0.05) is 11.6 Å². The van der Waals surface area contributed by atoms with Gasteiger partial charge in [-0.2, -0.15) is 0 Å². The van der Waals surface area contributed by atoms with Crippen molar-refractivity contribution in [3.63, 3.8) is 0 Å². The van der Waals surface area contributed by atoms with Gasteiger partial charge in [-0.25, -0.2) is 4.79 Å². The van der Waals surface area contributed by atoms with E-state index in [2.05, 4.69) is 0 Å². The molecule has 1 saturated heterocycles. The number of benzene rings is 1. The number of alkyl halides is 1. The summed E-state index contributed by atoms with van der Waals surface area (Å²) >= 11 is 7.23. The van der Waals surface area contributed by atoms with Crippen molar-refractivity contribution in [3.8, 4) is 5.75 Å². The van der Waals surface area contributed by atoms with E-state index in [1.165, 1.54) is 16.7 Å². The third-order valence-electron chi connectivity index (χ3n) is 4.17. The Bertz CT molecular complexity index is 763. The second-order valence-electron chi connectivity index (χ2n) is 5.79. The fourth-order valence-electron chi connectivity index (χ4n) is 2.78. The molecule has 138 valence electrons. The predicted octanol–water partition coefficient (Wildman–Crippen LogP) is 2.03. The largest absolute Gasteiger partial charge is 0.497 e. The van der Waals surface area contributed by atoms with Gasteiger partial charge in [0.2, 0.25) is 5.91 Å². The van der Waals surface area contributed by atoms with Crippen molar-refractivity contribution >= 4 is 35.2 Å². The highest BCUT2D eigenvalue weighted by atomic mass is 35.5. The van der Waals surface area contributed by atoms with E-state index >= 15 is 0 Å². The maximum absolute atomic E-state index is 12.7. The van der Waals surface area contributed by atoms with Crippen molar-refractivity contribution < 1.29 is 19.1 Å². The Morgan fingerprint density at radius 2 is 2.15 bits per heavy atom. The lowest BCUT2D eigenvalue weighted by molar-refractivity contribution is -0.151. The second-order valence-corrected chi connectivity index (χ2v) is 7.20. The summed E-state index contributed by atoms with van der Waals surface area (Å²) in [4.78, 5) is 26.3. The molecule has 0 bridgehead atoms. The Labute approximate surface area is 160 Å². The molecule has 1 aromatic rings. The molecule has 3 rings (SSSR count). The first-order chi connectivity index (χ1) is 12.6. The van der Waals surface area contributed by atoms with Crippen molar-refractivity contribution in [1.29, 1.82) is 0 Å². The van der Waals surface area contributed by atoms with E-state index in [0.29, 0.717) is 17.2 Å². The number of rotatable bonds is 6. The molecule has 1 amide bonds. The number of amides is 1. The molecule has 0 saturated carbocycles. The molecular formula is C18H19ClN2O4S. The number of halogens is 1. The molecule has 1 aromatic carbocycles. The Kier molecular flexibility index (Phi) is 5.90. The second kappa shape index (κ2) is 8.16. The zero-order chi connectivity index (χ0) is 18.7. The van der Waals surface area contributed by atoms with Gasteiger partial charge >= 0.3 is 5.97 Å². The number of hydrogen-bond donors (Lipinski definition) is 1. The normalized spacial score (nSPS) is 22.3. The van der Waals surface area contributed by atoms with Gasteiger partial charge in [0.05, 0.1) is 7.11 Å². The Hall–Kier alpha value is -1.96. The summed E-state index contributed by atoms with van der Waals surface area (Å²) in [5, 5.41) is -0.223. The maximum Gasteiger partial charge on any atom is 0.355 e. The quantitative estimate of drug-likeness (QED) is 0.451. The molecule has 0 radical (unpaired) electrons. The van der Waals surface area contributed by atoms with Crippen LogP contribution in [0.3, 0.4) is 0 Å². The standard InChI is InChI=1S/C18H19ClN2O4S/c1-24-13-6-4-11(5-7-13)9-25-18(23)15-12(3-2-8-19)10-26-17-14(20)16(22)21(15)17/h2-7,14,17H,8-10,20H2,1H3/t14-,17-/m1/s1. The number of ether oxygens (including phenoxy) is 2. The van der Waals surface area contributed by atoms with Crippen LogP contribution >= 0.6 is 23.4 Å². The first-order valence-electron chi connectivity index (χ1n) is 8.02. The summed E-state index contributed by atoms with van der Waals surface area (Å²) in [6, 6.07) is 6.64. The summed E-state index contributed by atoms with van der Waals surface area (Å²) in [5.74, 6) is 0.807. The maximum atomic E-state index is 12.7. The lowest BCUT2D eigenvalue weighted by Gasteiger charge is -2.48. The minimum atomic E-state index is -0.581. The van der Waals surface area contributed by atoms with Crippen LogP contribution in [0.25, 0.3) is 0 Å². The van der Waals surface area contributed by atoms with Crippen LogP contribution in [0, 0.1) is 0 Å². The van der Waals surface area contributed by atoms with Gasteiger partial charge < -0.3 is 15.2 Å². The number of methoxy groups -OCH3 is 1. The number of esters is 1. The third kappa shape index (κ3) is 3.60. The first kappa shape index (κ1) is 18.8. The molecule has 26 heavy (non-hydrogen) atoms. The smallest absolute Gasteiger partial charge is 0.355 e. The SMILES string of the molecule is COc1ccc(COC(=O)C2=C(C=CCCl)CS[C@@H]3[C@H](N)C(=O)N23)cc1. The van der Waals surface area contributed by atoms with Crippen LogP contribution in [0.1, 0.15) is 5.56 Å².